The Bertz CT molecular complexity index is 455. The van der Waals surface area contributed by atoms with E-state index in [9.17, 15) is 14.3 Å². The number of piperidine rings is 1. The fourth-order valence-electron chi connectivity index (χ4n) is 2.22. The van der Waals surface area contributed by atoms with Crippen LogP contribution in [0.4, 0.5) is 4.39 Å². The number of carbonyl (C=O) groups is 1. The van der Waals surface area contributed by atoms with Gasteiger partial charge in [0, 0.05) is 24.5 Å². The maximum Gasteiger partial charge on any atom is 0.221 e. The minimum Gasteiger partial charge on any atom is -0.390 e. The molecule has 0 unspecified atom stereocenters. The highest BCUT2D eigenvalue weighted by atomic mass is 32.2. The second-order valence-corrected chi connectivity index (χ2v) is 6.27. The normalized spacial score (nSPS) is 22.0. The van der Waals surface area contributed by atoms with Gasteiger partial charge in [-0.15, -0.1) is 0 Å². The summed E-state index contributed by atoms with van der Waals surface area (Å²) in [6, 6.07) is 6.27. The predicted molar refractivity (Wildman–Crippen MR) is 82.6 cm³/mol. The summed E-state index contributed by atoms with van der Waals surface area (Å²) in [6.45, 7) is 1.35. The van der Waals surface area contributed by atoms with E-state index in [1.54, 1.807) is 23.9 Å². The molecule has 6 heteroatoms. The lowest BCUT2D eigenvalue weighted by atomic mass is 10.0. The Balaban J connectivity index is 1.61. The average Bonchev–Trinajstić information content (AvgIpc) is 2.48. The molecule has 1 aliphatic rings. The van der Waals surface area contributed by atoms with Crippen LogP contribution in [0.25, 0.3) is 0 Å². The molecule has 1 aliphatic heterocycles. The summed E-state index contributed by atoms with van der Waals surface area (Å²) in [4.78, 5) is 11.8. The molecule has 0 radical (unpaired) electrons. The van der Waals surface area contributed by atoms with Crippen molar-refractivity contribution in [2.75, 3.05) is 18.8 Å². The van der Waals surface area contributed by atoms with Crippen molar-refractivity contribution in [3.8, 4) is 0 Å². The first kappa shape index (κ1) is 16.3. The third kappa shape index (κ3) is 5.65. The predicted octanol–water partition coefficient (Wildman–Crippen LogP) is 1.29. The van der Waals surface area contributed by atoms with Crippen LogP contribution in [-0.4, -0.2) is 42.0 Å². The van der Waals surface area contributed by atoms with E-state index in [-0.39, 0.29) is 17.8 Å². The van der Waals surface area contributed by atoms with Crippen molar-refractivity contribution < 1.29 is 14.3 Å². The Labute approximate surface area is 128 Å². The van der Waals surface area contributed by atoms with Crippen molar-refractivity contribution >= 4 is 17.7 Å². The van der Waals surface area contributed by atoms with Crippen molar-refractivity contribution in [2.45, 2.75) is 30.7 Å². The minimum atomic E-state index is -0.505. The molecule has 0 bridgehead atoms. The molecule has 0 spiro atoms. The monoisotopic (exact) mass is 312 g/mol. The summed E-state index contributed by atoms with van der Waals surface area (Å²) in [7, 11) is 0. The molecule has 0 aromatic heterocycles. The van der Waals surface area contributed by atoms with E-state index in [1.807, 2.05) is 0 Å². The largest absolute Gasteiger partial charge is 0.390 e. The van der Waals surface area contributed by atoms with Gasteiger partial charge in [-0.1, -0.05) is 12.1 Å². The third-order valence-corrected chi connectivity index (χ3v) is 4.48. The maximum absolute atomic E-state index is 12.8. The molecule has 1 heterocycles. The highest BCUT2D eigenvalue weighted by Gasteiger charge is 2.23. The third-order valence-electron chi connectivity index (χ3n) is 3.45. The van der Waals surface area contributed by atoms with E-state index in [4.69, 9.17) is 0 Å². The van der Waals surface area contributed by atoms with Gasteiger partial charge in [0.2, 0.25) is 5.91 Å². The van der Waals surface area contributed by atoms with Crippen LogP contribution in [-0.2, 0) is 10.5 Å². The Morgan fingerprint density at radius 2 is 2.19 bits per heavy atom. The lowest BCUT2D eigenvalue weighted by Gasteiger charge is -2.29. The number of benzene rings is 1. The van der Waals surface area contributed by atoms with Gasteiger partial charge < -0.3 is 15.7 Å². The number of thioether (sulfide) groups is 1. The van der Waals surface area contributed by atoms with Gasteiger partial charge in [0.05, 0.1) is 12.1 Å². The van der Waals surface area contributed by atoms with E-state index in [1.165, 1.54) is 12.1 Å². The van der Waals surface area contributed by atoms with Crippen molar-refractivity contribution in [3.63, 3.8) is 0 Å². The molecule has 0 saturated carbocycles. The molecule has 1 amide bonds. The Morgan fingerprint density at radius 3 is 2.90 bits per heavy atom. The van der Waals surface area contributed by atoms with Gasteiger partial charge in [-0.05, 0) is 30.7 Å². The van der Waals surface area contributed by atoms with Crippen LogP contribution in [0.3, 0.4) is 0 Å². The average molecular weight is 312 g/mol. The van der Waals surface area contributed by atoms with Gasteiger partial charge in [0.15, 0.2) is 0 Å². The molecule has 0 aliphatic carbocycles. The van der Waals surface area contributed by atoms with Crippen LogP contribution in [0.2, 0.25) is 0 Å². The number of aliphatic hydroxyl groups excluding tert-OH is 1. The zero-order chi connectivity index (χ0) is 15.1. The number of β-amino-alcohol motifs (C(OH)–C–C–N with tert-alkyl or cyclic N) is 1. The first-order valence-electron chi connectivity index (χ1n) is 7.15. The summed E-state index contributed by atoms with van der Waals surface area (Å²) in [5.74, 6) is 1.23. The van der Waals surface area contributed by atoms with Crippen LogP contribution < -0.4 is 10.6 Å². The molecule has 3 N–H and O–H groups in total. The molecule has 21 heavy (non-hydrogen) atoms. The first-order chi connectivity index (χ1) is 10.1. The van der Waals surface area contributed by atoms with Gasteiger partial charge in [-0.3, -0.25) is 4.79 Å². The highest BCUT2D eigenvalue weighted by Crippen LogP contribution is 2.14. The number of carbonyl (C=O) groups excluding carboxylic acids is 1. The quantitative estimate of drug-likeness (QED) is 0.693. The Morgan fingerprint density at radius 1 is 1.43 bits per heavy atom. The number of rotatable bonds is 6. The van der Waals surface area contributed by atoms with Crippen LogP contribution >= 0.6 is 11.8 Å². The molecule has 1 aromatic rings. The fraction of sp³-hybridized carbons (Fsp3) is 0.533. The number of aliphatic hydroxyl groups is 1. The standard InChI is InChI=1S/C15H21FN2O2S/c16-12-3-1-11(2-4-12)10-21-8-6-15(20)18-13-5-7-17-9-14(13)19/h1-4,13-14,17,19H,5-10H2,(H,18,20)/t13-,14-/m1/s1. The van der Waals surface area contributed by atoms with E-state index < -0.39 is 6.10 Å². The summed E-state index contributed by atoms with van der Waals surface area (Å²) in [5, 5.41) is 15.7. The van der Waals surface area contributed by atoms with E-state index in [0.717, 1.165) is 24.3 Å². The maximum atomic E-state index is 12.8. The highest BCUT2D eigenvalue weighted by molar-refractivity contribution is 7.98. The van der Waals surface area contributed by atoms with Crippen LogP contribution in [0.1, 0.15) is 18.4 Å². The van der Waals surface area contributed by atoms with Gasteiger partial charge in [-0.2, -0.15) is 11.8 Å². The van der Waals surface area contributed by atoms with Gasteiger partial charge in [0.1, 0.15) is 5.82 Å². The molecular weight excluding hydrogens is 291 g/mol. The zero-order valence-corrected chi connectivity index (χ0v) is 12.7. The number of halogens is 1. The second kappa shape index (κ2) is 8.36. The van der Waals surface area contributed by atoms with Gasteiger partial charge in [0.25, 0.3) is 0 Å². The van der Waals surface area contributed by atoms with Crippen molar-refractivity contribution in [3.05, 3.63) is 35.6 Å². The van der Waals surface area contributed by atoms with Crippen molar-refractivity contribution in [1.29, 1.82) is 0 Å². The van der Waals surface area contributed by atoms with Gasteiger partial charge in [-0.25, -0.2) is 4.39 Å². The van der Waals surface area contributed by atoms with E-state index >= 15 is 0 Å². The van der Waals surface area contributed by atoms with E-state index in [2.05, 4.69) is 10.6 Å². The van der Waals surface area contributed by atoms with E-state index in [0.29, 0.717) is 18.7 Å². The first-order valence-corrected chi connectivity index (χ1v) is 8.31. The van der Waals surface area contributed by atoms with Crippen LogP contribution in [0.15, 0.2) is 24.3 Å². The molecule has 116 valence electrons. The number of amides is 1. The summed E-state index contributed by atoms with van der Waals surface area (Å²) in [6.07, 6.45) is 0.688. The molecule has 2 atom stereocenters. The van der Waals surface area contributed by atoms with Crippen LogP contribution in [0, 0.1) is 5.82 Å². The van der Waals surface area contributed by atoms with Crippen molar-refractivity contribution in [1.82, 2.24) is 10.6 Å². The fourth-order valence-corrected chi connectivity index (χ4v) is 3.13. The second-order valence-electron chi connectivity index (χ2n) is 5.16. The summed E-state index contributed by atoms with van der Waals surface area (Å²) >= 11 is 1.65. The number of hydrogen-bond acceptors (Lipinski definition) is 4. The van der Waals surface area contributed by atoms with Gasteiger partial charge >= 0.3 is 0 Å². The van der Waals surface area contributed by atoms with Crippen LogP contribution in [0.5, 0.6) is 0 Å². The summed E-state index contributed by atoms with van der Waals surface area (Å²) < 4.78 is 12.8. The zero-order valence-electron chi connectivity index (χ0n) is 11.8. The smallest absolute Gasteiger partial charge is 0.221 e. The Hall–Kier alpha value is -1.11. The molecular formula is C15H21FN2O2S. The molecule has 1 aromatic carbocycles. The molecule has 1 saturated heterocycles. The SMILES string of the molecule is O=C(CCSCc1ccc(F)cc1)N[C@@H]1CCNC[C@H]1O. The number of nitrogens with one attached hydrogen (secondary N) is 2. The topological polar surface area (TPSA) is 61.4 Å². The lowest BCUT2D eigenvalue weighted by molar-refractivity contribution is -0.122. The molecule has 4 nitrogen and oxygen atoms in total. The molecule has 1 fully saturated rings. The van der Waals surface area contributed by atoms with Crippen molar-refractivity contribution in [2.24, 2.45) is 0 Å². The molecule has 2 rings (SSSR count). The summed E-state index contributed by atoms with van der Waals surface area (Å²) in [5.41, 5.74) is 1.05. The number of hydrogen-bond donors (Lipinski definition) is 3. The lowest BCUT2D eigenvalue weighted by Crippen LogP contribution is -2.52. The Kier molecular flexibility index (Phi) is 6.48. The minimum absolute atomic E-state index is 0.0208.